The number of pyridine rings is 1. The standard InChI is InChI=1S/C15H25N3/c1-4-16-11-14-7-8-17-15(10-14)18-9-5-6-12(2)13(18)3/h7-8,10,12-13,16H,4-6,9,11H2,1-3H3. The first-order valence-corrected chi connectivity index (χ1v) is 7.14. The summed E-state index contributed by atoms with van der Waals surface area (Å²) in [6.45, 7) is 9.89. The number of piperidine rings is 1. The molecular weight excluding hydrogens is 222 g/mol. The summed E-state index contributed by atoms with van der Waals surface area (Å²) < 4.78 is 0. The number of nitrogens with one attached hydrogen (secondary N) is 1. The third kappa shape index (κ3) is 3.02. The summed E-state index contributed by atoms with van der Waals surface area (Å²) >= 11 is 0. The van der Waals surface area contributed by atoms with Gasteiger partial charge in [0.1, 0.15) is 5.82 Å². The van der Waals surface area contributed by atoms with Crippen molar-refractivity contribution in [3.63, 3.8) is 0 Å². The summed E-state index contributed by atoms with van der Waals surface area (Å²) in [4.78, 5) is 7.02. The van der Waals surface area contributed by atoms with Gasteiger partial charge in [-0.05, 0) is 49.9 Å². The average molecular weight is 247 g/mol. The third-order valence-corrected chi connectivity index (χ3v) is 4.06. The lowest BCUT2D eigenvalue weighted by Gasteiger charge is -2.38. The lowest BCUT2D eigenvalue weighted by atomic mass is 9.92. The zero-order chi connectivity index (χ0) is 13.0. The van der Waals surface area contributed by atoms with E-state index in [9.17, 15) is 0 Å². The Balaban J connectivity index is 2.11. The molecule has 0 saturated carbocycles. The van der Waals surface area contributed by atoms with Gasteiger partial charge in [0, 0.05) is 25.3 Å². The minimum absolute atomic E-state index is 0.598. The van der Waals surface area contributed by atoms with Crippen LogP contribution in [0.2, 0.25) is 0 Å². The number of aromatic nitrogens is 1. The maximum atomic E-state index is 4.55. The molecule has 2 atom stereocenters. The molecule has 1 aromatic heterocycles. The van der Waals surface area contributed by atoms with Gasteiger partial charge in [-0.25, -0.2) is 4.98 Å². The zero-order valence-electron chi connectivity index (χ0n) is 11.8. The molecule has 0 spiro atoms. The van der Waals surface area contributed by atoms with Crippen molar-refractivity contribution in [1.82, 2.24) is 10.3 Å². The van der Waals surface area contributed by atoms with Crippen molar-refractivity contribution < 1.29 is 0 Å². The van der Waals surface area contributed by atoms with E-state index in [2.05, 4.69) is 48.1 Å². The molecule has 0 aliphatic carbocycles. The summed E-state index contributed by atoms with van der Waals surface area (Å²) in [6.07, 6.45) is 4.56. The maximum absolute atomic E-state index is 4.55. The van der Waals surface area contributed by atoms with Gasteiger partial charge >= 0.3 is 0 Å². The highest BCUT2D eigenvalue weighted by atomic mass is 15.2. The first kappa shape index (κ1) is 13.3. The summed E-state index contributed by atoms with van der Waals surface area (Å²) in [5.41, 5.74) is 1.33. The van der Waals surface area contributed by atoms with Crippen LogP contribution in [-0.2, 0) is 6.54 Å². The van der Waals surface area contributed by atoms with Gasteiger partial charge in [0.15, 0.2) is 0 Å². The highest BCUT2D eigenvalue weighted by Crippen LogP contribution is 2.27. The molecule has 1 aliphatic heterocycles. The van der Waals surface area contributed by atoms with Gasteiger partial charge in [-0.2, -0.15) is 0 Å². The second-order valence-electron chi connectivity index (χ2n) is 5.36. The van der Waals surface area contributed by atoms with Crippen LogP contribution >= 0.6 is 0 Å². The molecule has 1 aliphatic rings. The van der Waals surface area contributed by atoms with Crippen LogP contribution < -0.4 is 10.2 Å². The SMILES string of the molecule is CCNCc1ccnc(N2CCCC(C)C2C)c1. The molecule has 0 bridgehead atoms. The lowest BCUT2D eigenvalue weighted by molar-refractivity contribution is 0.361. The fraction of sp³-hybridized carbons (Fsp3) is 0.667. The van der Waals surface area contributed by atoms with Crippen LogP contribution in [0.15, 0.2) is 18.3 Å². The van der Waals surface area contributed by atoms with Gasteiger partial charge in [0.2, 0.25) is 0 Å². The minimum Gasteiger partial charge on any atom is -0.354 e. The van der Waals surface area contributed by atoms with Crippen molar-refractivity contribution >= 4 is 5.82 Å². The lowest BCUT2D eigenvalue weighted by Crippen LogP contribution is -2.42. The third-order valence-electron chi connectivity index (χ3n) is 4.06. The number of nitrogens with zero attached hydrogens (tertiary/aromatic N) is 2. The zero-order valence-corrected chi connectivity index (χ0v) is 11.8. The van der Waals surface area contributed by atoms with E-state index in [1.165, 1.54) is 18.4 Å². The summed E-state index contributed by atoms with van der Waals surface area (Å²) in [7, 11) is 0. The van der Waals surface area contributed by atoms with Gasteiger partial charge in [-0.3, -0.25) is 0 Å². The molecular formula is C15H25N3. The van der Waals surface area contributed by atoms with Crippen LogP contribution in [0.1, 0.15) is 39.2 Å². The van der Waals surface area contributed by atoms with E-state index in [1.807, 2.05) is 6.20 Å². The van der Waals surface area contributed by atoms with E-state index in [-0.39, 0.29) is 0 Å². The molecule has 1 saturated heterocycles. The molecule has 2 rings (SSSR count). The molecule has 18 heavy (non-hydrogen) atoms. The highest BCUT2D eigenvalue weighted by Gasteiger charge is 2.25. The molecule has 2 heterocycles. The van der Waals surface area contributed by atoms with Crippen LogP contribution in [0.4, 0.5) is 5.82 Å². The quantitative estimate of drug-likeness (QED) is 0.887. The molecule has 3 nitrogen and oxygen atoms in total. The Morgan fingerprint density at radius 3 is 3.06 bits per heavy atom. The minimum atomic E-state index is 0.598. The van der Waals surface area contributed by atoms with Gasteiger partial charge in [0.25, 0.3) is 0 Å². The van der Waals surface area contributed by atoms with E-state index in [0.717, 1.165) is 31.4 Å². The molecule has 0 radical (unpaired) electrons. The molecule has 2 unspecified atom stereocenters. The molecule has 100 valence electrons. The highest BCUT2D eigenvalue weighted by molar-refractivity contribution is 5.42. The predicted molar refractivity (Wildman–Crippen MR) is 76.8 cm³/mol. The van der Waals surface area contributed by atoms with E-state index in [1.54, 1.807) is 0 Å². The van der Waals surface area contributed by atoms with Crippen molar-refractivity contribution in [3.05, 3.63) is 23.9 Å². The number of hydrogen-bond acceptors (Lipinski definition) is 3. The van der Waals surface area contributed by atoms with Crippen molar-refractivity contribution in [2.75, 3.05) is 18.0 Å². The fourth-order valence-electron chi connectivity index (χ4n) is 2.66. The second-order valence-corrected chi connectivity index (χ2v) is 5.36. The number of hydrogen-bond donors (Lipinski definition) is 1. The van der Waals surface area contributed by atoms with E-state index in [4.69, 9.17) is 0 Å². The maximum Gasteiger partial charge on any atom is 0.129 e. The first-order chi connectivity index (χ1) is 8.72. The summed E-state index contributed by atoms with van der Waals surface area (Å²) in [6, 6.07) is 4.93. The van der Waals surface area contributed by atoms with Crippen LogP contribution in [0, 0.1) is 5.92 Å². The van der Waals surface area contributed by atoms with E-state index < -0.39 is 0 Å². The van der Waals surface area contributed by atoms with Crippen molar-refractivity contribution in [3.8, 4) is 0 Å². The van der Waals surface area contributed by atoms with Crippen LogP contribution in [0.25, 0.3) is 0 Å². The average Bonchev–Trinajstić information content (AvgIpc) is 2.40. The van der Waals surface area contributed by atoms with Crippen LogP contribution in [0.3, 0.4) is 0 Å². The Morgan fingerprint density at radius 1 is 1.44 bits per heavy atom. The normalized spacial score (nSPS) is 24.3. The van der Waals surface area contributed by atoms with Gasteiger partial charge in [-0.15, -0.1) is 0 Å². The first-order valence-electron chi connectivity index (χ1n) is 7.14. The second kappa shape index (κ2) is 6.19. The molecule has 3 heteroatoms. The Bertz CT molecular complexity index is 378. The fourth-order valence-corrected chi connectivity index (χ4v) is 2.66. The Labute approximate surface area is 111 Å². The smallest absolute Gasteiger partial charge is 0.129 e. The molecule has 1 N–H and O–H groups in total. The van der Waals surface area contributed by atoms with Crippen LogP contribution in [0.5, 0.6) is 0 Å². The monoisotopic (exact) mass is 247 g/mol. The molecule has 1 fully saturated rings. The molecule has 0 aromatic carbocycles. The van der Waals surface area contributed by atoms with Gasteiger partial charge in [0.05, 0.1) is 0 Å². The Hall–Kier alpha value is -1.09. The van der Waals surface area contributed by atoms with Crippen LogP contribution in [-0.4, -0.2) is 24.1 Å². The van der Waals surface area contributed by atoms with Gasteiger partial charge < -0.3 is 10.2 Å². The number of anilines is 1. The van der Waals surface area contributed by atoms with E-state index in [0.29, 0.717) is 6.04 Å². The topological polar surface area (TPSA) is 28.2 Å². The van der Waals surface area contributed by atoms with Gasteiger partial charge in [-0.1, -0.05) is 13.8 Å². The number of rotatable bonds is 4. The summed E-state index contributed by atoms with van der Waals surface area (Å²) in [5.74, 6) is 1.91. The summed E-state index contributed by atoms with van der Waals surface area (Å²) in [5, 5.41) is 3.37. The largest absolute Gasteiger partial charge is 0.354 e. The van der Waals surface area contributed by atoms with Crippen molar-refractivity contribution in [2.24, 2.45) is 5.92 Å². The Morgan fingerprint density at radius 2 is 2.28 bits per heavy atom. The Kier molecular flexibility index (Phi) is 4.59. The predicted octanol–water partition coefficient (Wildman–Crippen LogP) is 2.82. The van der Waals surface area contributed by atoms with Crippen molar-refractivity contribution in [2.45, 2.75) is 46.2 Å². The van der Waals surface area contributed by atoms with Crippen molar-refractivity contribution in [1.29, 1.82) is 0 Å². The van der Waals surface area contributed by atoms with E-state index >= 15 is 0 Å². The molecule has 0 amide bonds. The molecule has 1 aromatic rings.